The van der Waals surface area contributed by atoms with Gasteiger partial charge in [0.1, 0.15) is 12.6 Å². The van der Waals surface area contributed by atoms with Crippen LogP contribution >= 0.6 is 0 Å². The van der Waals surface area contributed by atoms with Gasteiger partial charge in [-0.25, -0.2) is 0 Å². The van der Waals surface area contributed by atoms with Gasteiger partial charge in [-0.2, -0.15) is 0 Å². The van der Waals surface area contributed by atoms with Crippen LogP contribution in [0.1, 0.15) is 17.5 Å². The Hall–Kier alpha value is -3.63. The van der Waals surface area contributed by atoms with Crippen LogP contribution in [0.25, 0.3) is 0 Å². The molecule has 0 fully saturated rings. The highest BCUT2D eigenvalue weighted by molar-refractivity contribution is 5.91. The second kappa shape index (κ2) is 13.8. The van der Waals surface area contributed by atoms with Gasteiger partial charge in [0.05, 0.1) is 33.3 Å². The van der Waals surface area contributed by atoms with E-state index in [0.717, 1.165) is 5.56 Å². The molecule has 0 saturated heterocycles. The van der Waals surface area contributed by atoms with Crippen molar-refractivity contribution in [1.82, 2.24) is 10.6 Å². The quantitative estimate of drug-likeness (QED) is 0.365. The van der Waals surface area contributed by atoms with Gasteiger partial charge in [-0.15, -0.1) is 0 Å². The van der Waals surface area contributed by atoms with E-state index in [2.05, 4.69) is 10.6 Å². The number of benzene rings is 2. The van der Waals surface area contributed by atoms with Crippen LogP contribution in [0.2, 0.25) is 0 Å². The summed E-state index contributed by atoms with van der Waals surface area (Å²) in [6, 6.07) is 12.2. The Morgan fingerprint density at radius 1 is 0.941 bits per heavy atom. The number of nitrogens with two attached hydrogens (primary N) is 1. The summed E-state index contributed by atoms with van der Waals surface area (Å²) in [7, 11) is 4.42. The number of para-hydroxylation sites is 1. The summed E-state index contributed by atoms with van der Waals surface area (Å²) in [6.07, 6.45) is -0.332. The van der Waals surface area contributed by atoms with Gasteiger partial charge >= 0.3 is 5.97 Å². The molecule has 2 atom stereocenters. The maximum absolute atomic E-state index is 12.7. The molecular weight excluding hydrogens is 442 g/mol. The summed E-state index contributed by atoms with van der Waals surface area (Å²) in [6.45, 7) is 0.127. The number of nitrogens with one attached hydrogen (secondary N) is 2. The highest BCUT2D eigenvalue weighted by Crippen LogP contribution is 2.30. The average Bonchev–Trinajstić information content (AvgIpc) is 2.85. The number of carbonyl (C=O) groups is 3. The smallest absolute Gasteiger partial charge is 0.308 e. The standard InChI is InChI=1S/C24H31N3O7/c1-31-15-19(24(30)26-13-17-10-7-11-20(32-2)22(17)33-3)27-23(29)18(25)12-21(28)34-14-16-8-5-4-6-9-16/h4-11,18-19H,12-15,25H2,1-3H3,(H,26,30)(H,27,29)/t18-,19-/m0/s1. The lowest BCUT2D eigenvalue weighted by Gasteiger charge is -2.20. The first-order valence-corrected chi connectivity index (χ1v) is 10.6. The molecule has 0 saturated carbocycles. The Morgan fingerprint density at radius 2 is 1.68 bits per heavy atom. The highest BCUT2D eigenvalue weighted by Gasteiger charge is 2.26. The van der Waals surface area contributed by atoms with E-state index in [1.165, 1.54) is 21.3 Å². The van der Waals surface area contributed by atoms with Gasteiger partial charge < -0.3 is 35.3 Å². The van der Waals surface area contributed by atoms with E-state index in [9.17, 15) is 14.4 Å². The predicted octanol–water partition coefficient (Wildman–Crippen LogP) is 0.912. The fourth-order valence-corrected chi connectivity index (χ4v) is 3.10. The molecule has 34 heavy (non-hydrogen) atoms. The number of rotatable bonds is 13. The third kappa shape index (κ3) is 8.05. The normalized spacial score (nSPS) is 12.2. The van der Waals surface area contributed by atoms with Crippen molar-refractivity contribution in [1.29, 1.82) is 0 Å². The first kappa shape index (κ1) is 26.6. The Kier molecular flexibility index (Phi) is 10.8. The summed E-state index contributed by atoms with van der Waals surface area (Å²) in [5.74, 6) is -0.758. The molecule has 0 aliphatic rings. The molecule has 2 aromatic rings. The molecule has 4 N–H and O–H groups in total. The molecule has 0 radical (unpaired) electrons. The van der Waals surface area contributed by atoms with Crippen molar-refractivity contribution in [3.63, 3.8) is 0 Å². The minimum absolute atomic E-state index is 0.0798. The van der Waals surface area contributed by atoms with E-state index in [0.29, 0.717) is 17.1 Å². The summed E-state index contributed by atoms with van der Waals surface area (Å²) in [5, 5.41) is 5.25. The van der Waals surface area contributed by atoms with E-state index in [1.54, 1.807) is 18.2 Å². The molecule has 0 bridgehead atoms. The maximum Gasteiger partial charge on any atom is 0.308 e. The van der Waals surface area contributed by atoms with Crippen LogP contribution < -0.4 is 25.8 Å². The molecule has 0 aliphatic carbocycles. The number of hydrogen-bond acceptors (Lipinski definition) is 8. The zero-order valence-corrected chi connectivity index (χ0v) is 19.5. The molecule has 0 heterocycles. The summed E-state index contributed by atoms with van der Waals surface area (Å²) in [4.78, 5) is 37.2. The van der Waals surface area contributed by atoms with Crippen molar-refractivity contribution in [2.75, 3.05) is 27.9 Å². The molecule has 2 aromatic carbocycles. The molecule has 0 unspecified atom stereocenters. The van der Waals surface area contributed by atoms with Crippen molar-refractivity contribution in [2.45, 2.75) is 31.7 Å². The van der Waals surface area contributed by atoms with Crippen LogP contribution in [0.5, 0.6) is 11.5 Å². The Labute approximate surface area is 198 Å². The molecule has 0 aromatic heterocycles. The number of carbonyl (C=O) groups excluding carboxylic acids is 3. The number of amides is 2. The molecule has 184 valence electrons. The van der Waals surface area contributed by atoms with Gasteiger partial charge in [0.15, 0.2) is 11.5 Å². The number of esters is 1. The first-order chi connectivity index (χ1) is 16.4. The zero-order chi connectivity index (χ0) is 24.9. The minimum Gasteiger partial charge on any atom is -0.493 e. The lowest BCUT2D eigenvalue weighted by Crippen LogP contribution is -2.53. The van der Waals surface area contributed by atoms with E-state index in [-0.39, 0.29) is 26.2 Å². The number of hydrogen-bond donors (Lipinski definition) is 3. The van der Waals surface area contributed by atoms with Gasteiger partial charge in [0.2, 0.25) is 11.8 Å². The van der Waals surface area contributed by atoms with Gasteiger partial charge in [-0.1, -0.05) is 42.5 Å². The maximum atomic E-state index is 12.7. The third-order valence-corrected chi connectivity index (χ3v) is 4.87. The van der Waals surface area contributed by atoms with Crippen LogP contribution in [0.3, 0.4) is 0 Å². The highest BCUT2D eigenvalue weighted by atomic mass is 16.5. The lowest BCUT2D eigenvalue weighted by atomic mass is 10.1. The Bertz CT molecular complexity index is 953. The molecule has 10 nitrogen and oxygen atoms in total. The zero-order valence-electron chi connectivity index (χ0n) is 19.5. The van der Waals surface area contributed by atoms with Crippen molar-refractivity contribution >= 4 is 17.8 Å². The van der Waals surface area contributed by atoms with Crippen molar-refractivity contribution < 1.29 is 33.3 Å². The van der Waals surface area contributed by atoms with Crippen LogP contribution in [0.4, 0.5) is 0 Å². The van der Waals surface area contributed by atoms with Gasteiger partial charge in [0.25, 0.3) is 0 Å². The van der Waals surface area contributed by atoms with Crippen molar-refractivity contribution in [3.8, 4) is 11.5 Å². The van der Waals surface area contributed by atoms with E-state index < -0.39 is 29.9 Å². The van der Waals surface area contributed by atoms with Crippen LogP contribution in [-0.2, 0) is 37.0 Å². The van der Waals surface area contributed by atoms with E-state index in [1.807, 2.05) is 30.3 Å². The molecule has 2 rings (SSSR count). The summed E-state index contributed by atoms with van der Waals surface area (Å²) in [5.41, 5.74) is 7.36. The molecular formula is C24H31N3O7. The fourth-order valence-electron chi connectivity index (χ4n) is 3.10. The SMILES string of the molecule is COC[C@H](NC(=O)[C@@H](N)CC(=O)OCc1ccccc1)C(=O)NCc1cccc(OC)c1OC. The molecule has 0 spiro atoms. The summed E-state index contributed by atoms with van der Waals surface area (Å²) < 4.78 is 20.8. The second-order valence-corrected chi connectivity index (χ2v) is 7.34. The van der Waals surface area contributed by atoms with Crippen LogP contribution in [0.15, 0.2) is 48.5 Å². The lowest BCUT2D eigenvalue weighted by molar-refractivity contribution is -0.146. The third-order valence-electron chi connectivity index (χ3n) is 4.87. The second-order valence-electron chi connectivity index (χ2n) is 7.34. The van der Waals surface area contributed by atoms with E-state index >= 15 is 0 Å². The Balaban J connectivity index is 1.89. The largest absolute Gasteiger partial charge is 0.493 e. The van der Waals surface area contributed by atoms with E-state index in [4.69, 9.17) is 24.7 Å². The monoisotopic (exact) mass is 473 g/mol. The fraction of sp³-hybridized carbons (Fsp3) is 0.375. The van der Waals surface area contributed by atoms with Crippen molar-refractivity contribution in [3.05, 3.63) is 59.7 Å². The molecule has 2 amide bonds. The predicted molar refractivity (Wildman–Crippen MR) is 124 cm³/mol. The molecule has 10 heteroatoms. The summed E-state index contributed by atoms with van der Waals surface area (Å²) >= 11 is 0. The van der Waals surface area contributed by atoms with Crippen LogP contribution in [-0.4, -0.2) is 57.8 Å². The first-order valence-electron chi connectivity index (χ1n) is 10.6. The minimum atomic E-state index is -1.19. The van der Waals surface area contributed by atoms with Crippen LogP contribution in [0, 0.1) is 0 Å². The van der Waals surface area contributed by atoms with Gasteiger partial charge in [-0.3, -0.25) is 14.4 Å². The number of methoxy groups -OCH3 is 3. The van der Waals surface area contributed by atoms with Gasteiger partial charge in [-0.05, 0) is 11.6 Å². The Morgan fingerprint density at radius 3 is 2.32 bits per heavy atom. The molecule has 0 aliphatic heterocycles. The van der Waals surface area contributed by atoms with Crippen molar-refractivity contribution in [2.24, 2.45) is 5.73 Å². The topological polar surface area (TPSA) is 138 Å². The number of ether oxygens (including phenoxy) is 4. The average molecular weight is 474 g/mol. The van der Waals surface area contributed by atoms with Gasteiger partial charge in [0, 0.05) is 19.2 Å².